The molecule has 0 fully saturated rings. The molecule has 0 N–H and O–H groups in total. The molecule has 0 aliphatic rings. The first kappa shape index (κ1) is 26.6. The summed E-state index contributed by atoms with van der Waals surface area (Å²) in [6.07, 6.45) is 4.58. The van der Waals surface area contributed by atoms with Gasteiger partial charge in [-0.1, -0.05) is 19.1 Å². The van der Waals surface area contributed by atoms with Gasteiger partial charge in [0.25, 0.3) is 0 Å². The van der Waals surface area contributed by atoms with Crippen LogP contribution in [0.1, 0.15) is 42.5 Å². The molecule has 3 heterocycles. The number of benzene rings is 1. The zero-order valence-corrected chi connectivity index (χ0v) is 22.3. The van der Waals surface area contributed by atoms with Crippen LogP contribution in [0.2, 0.25) is 0 Å². The summed E-state index contributed by atoms with van der Waals surface area (Å²) in [5.74, 6) is 0.106. The number of hydrogen-bond donors (Lipinski definition) is 0. The van der Waals surface area contributed by atoms with Gasteiger partial charge >= 0.3 is 0 Å². The maximum atomic E-state index is 13.6. The third-order valence-electron chi connectivity index (χ3n) is 6.15. The molecule has 4 aromatic rings. The average molecular weight is 535 g/mol. The maximum Gasteiger partial charge on any atom is 0.245 e. The van der Waals surface area contributed by atoms with Gasteiger partial charge in [-0.05, 0) is 31.5 Å². The lowest BCUT2D eigenvalue weighted by atomic mass is 10.1. The molecule has 0 unspecified atom stereocenters. The summed E-state index contributed by atoms with van der Waals surface area (Å²) < 4.78 is 39.7. The Labute approximate surface area is 220 Å². The number of sulfone groups is 1. The van der Waals surface area contributed by atoms with Gasteiger partial charge in [-0.2, -0.15) is 15.2 Å². The first-order valence-corrected chi connectivity index (χ1v) is 13.3. The van der Waals surface area contributed by atoms with Crippen LogP contribution >= 0.6 is 0 Å². The van der Waals surface area contributed by atoms with Crippen LogP contribution in [-0.4, -0.2) is 62.6 Å². The summed E-state index contributed by atoms with van der Waals surface area (Å²) in [5.41, 5.74) is 2.04. The Morgan fingerprint density at radius 1 is 1.03 bits per heavy atom. The molecule has 0 spiro atoms. The number of nitrogens with zero attached hydrogens (tertiary/aromatic N) is 8. The topological polar surface area (TPSA) is 159 Å². The molecule has 0 aliphatic heterocycles. The van der Waals surface area contributed by atoms with Crippen molar-refractivity contribution in [1.29, 1.82) is 5.26 Å². The number of aromatic nitrogens is 7. The van der Waals surface area contributed by atoms with Crippen LogP contribution in [0.4, 0.5) is 0 Å². The summed E-state index contributed by atoms with van der Waals surface area (Å²) in [4.78, 5) is 17.0. The highest BCUT2D eigenvalue weighted by atomic mass is 32.2. The molecule has 0 bridgehead atoms. The predicted octanol–water partition coefficient (Wildman–Crippen LogP) is 2.82. The van der Waals surface area contributed by atoms with E-state index in [-0.39, 0.29) is 29.1 Å². The minimum absolute atomic E-state index is 0.0950. The number of nitriles is 1. The molecular weight excluding hydrogens is 508 g/mol. The lowest BCUT2D eigenvalue weighted by molar-refractivity contribution is 0.368. The van der Waals surface area contributed by atoms with E-state index in [1.807, 2.05) is 6.92 Å². The molecule has 0 saturated heterocycles. The van der Waals surface area contributed by atoms with Crippen molar-refractivity contribution in [3.63, 3.8) is 0 Å². The molecule has 4 rings (SSSR count). The smallest absolute Gasteiger partial charge is 0.245 e. The molecule has 12 nitrogen and oxygen atoms in total. The molecule has 2 atom stereocenters. The van der Waals surface area contributed by atoms with Gasteiger partial charge in [-0.3, -0.25) is 4.57 Å². The standard InChI is InChI=1S/C25H26N8O4S/c1-15-11-27-22(28-12-15)16(2)17(3)38(34,35)13-20-31-32-23(19-8-6-7-18(9-19)10-26)33(20)21-24(36-4)29-14-30-25(21)37-5/h6-9,11-12,14,16-17H,13H2,1-5H3/t16-,17-/m0/s1. The number of methoxy groups -OCH3 is 2. The van der Waals surface area contributed by atoms with Gasteiger partial charge in [0.05, 0.1) is 31.1 Å². The Kier molecular flexibility index (Phi) is 7.63. The number of ether oxygens (including phenoxy) is 2. The van der Waals surface area contributed by atoms with Gasteiger partial charge in [-0.15, -0.1) is 10.2 Å². The summed E-state index contributed by atoms with van der Waals surface area (Å²) >= 11 is 0. The van der Waals surface area contributed by atoms with Gasteiger partial charge in [0.1, 0.15) is 17.9 Å². The van der Waals surface area contributed by atoms with Crippen molar-refractivity contribution < 1.29 is 17.9 Å². The van der Waals surface area contributed by atoms with Crippen LogP contribution in [0, 0.1) is 18.3 Å². The Balaban J connectivity index is 1.85. The first-order valence-electron chi connectivity index (χ1n) is 11.6. The van der Waals surface area contributed by atoms with Crippen molar-refractivity contribution in [2.24, 2.45) is 0 Å². The van der Waals surface area contributed by atoms with Crippen molar-refractivity contribution in [2.75, 3.05) is 14.2 Å². The average Bonchev–Trinajstić information content (AvgIpc) is 3.34. The molecule has 13 heteroatoms. The number of aryl methyl sites for hydroxylation is 1. The van der Waals surface area contributed by atoms with E-state index >= 15 is 0 Å². The Hall–Kier alpha value is -4.44. The van der Waals surface area contributed by atoms with E-state index in [0.29, 0.717) is 17.0 Å². The van der Waals surface area contributed by atoms with Crippen molar-refractivity contribution in [3.8, 4) is 34.9 Å². The molecule has 3 aromatic heterocycles. The first-order chi connectivity index (χ1) is 18.2. The fraction of sp³-hybridized carbons (Fsp3) is 0.320. The maximum absolute atomic E-state index is 13.6. The van der Waals surface area contributed by atoms with Crippen molar-refractivity contribution in [2.45, 2.75) is 37.7 Å². The van der Waals surface area contributed by atoms with Crippen molar-refractivity contribution in [3.05, 3.63) is 65.8 Å². The highest BCUT2D eigenvalue weighted by Gasteiger charge is 2.33. The third kappa shape index (κ3) is 5.16. The second-order valence-corrected chi connectivity index (χ2v) is 11.0. The lowest BCUT2D eigenvalue weighted by Gasteiger charge is -2.20. The molecule has 0 amide bonds. The second-order valence-electron chi connectivity index (χ2n) is 8.63. The van der Waals surface area contributed by atoms with Crippen LogP contribution in [-0.2, 0) is 15.6 Å². The van der Waals surface area contributed by atoms with Crippen molar-refractivity contribution in [1.82, 2.24) is 34.7 Å². The van der Waals surface area contributed by atoms with Gasteiger partial charge in [0.15, 0.2) is 27.2 Å². The Bertz CT molecular complexity index is 1570. The molecule has 0 aliphatic carbocycles. The molecule has 38 heavy (non-hydrogen) atoms. The molecule has 0 radical (unpaired) electrons. The van der Waals surface area contributed by atoms with Crippen LogP contribution < -0.4 is 9.47 Å². The van der Waals surface area contributed by atoms with E-state index in [2.05, 4.69) is 36.2 Å². The van der Waals surface area contributed by atoms with Crippen LogP contribution in [0.15, 0.2) is 43.0 Å². The molecule has 196 valence electrons. The molecule has 0 saturated carbocycles. The summed E-state index contributed by atoms with van der Waals surface area (Å²) in [5, 5.41) is 17.1. The minimum Gasteiger partial charge on any atom is -0.479 e. The highest BCUT2D eigenvalue weighted by Crippen LogP contribution is 2.34. The van der Waals surface area contributed by atoms with Gasteiger partial charge < -0.3 is 9.47 Å². The highest BCUT2D eigenvalue weighted by molar-refractivity contribution is 7.91. The van der Waals surface area contributed by atoms with E-state index in [0.717, 1.165) is 5.56 Å². The van der Waals surface area contributed by atoms with Gasteiger partial charge in [0, 0.05) is 23.9 Å². The Morgan fingerprint density at radius 3 is 2.29 bits per heavy atom. The third-order valence-corrected chi connectivity index (χ3v) is 8.36. The van der Waals surface area contributed by atoms with E-state index < -0.39 is 26.8 Å². The molecule has 1 aromatic carbocycles. The second kappa shape index (κ2) is 10.9. The van der Waals surface area contributed by atoms with E-state index in [1.165, 1.54) is 25.1 Å². The van der Waals surface area contributed by atoms with Crippen LogP contribution in [0.25, 0.3) is 17.1 Å². The fourth-order valence-electron chi connectivity index (χ4n) is 3.87. The van der Waals surface area contributed by atoms with Crippen LogP contribution in [0.5, 0.6) is 11.8 Å². The fourth-order valence-corrected chi connectivity index (χ4v) is 5.42. The van der Waals surface area contributed by atoms with Gasteiger partial charge in [-0.25, -0.2) is 18.4 Å². The Morgan fingerprint density at radius 2 is 1.68 bits per heavy atom. The van der Waals surface area contributed by atoms with Gasteiger partial charge in [0.2, 0.25) is 11.8 Å². The number of hydrogen-bond acceptors (Lipinski definition) is 11. The largest absolute Gasteiger partial charge is 0.479 e. The minimum atomic E-state index is -3.80. The normalized spacial score (nSPS) is 12.9. The zero-order valence-electron chi connectivity index (χ0n) is 21.5. The monoisotopic (exact) mass is 534 g/mol. The van der Waals surface area contributed by atoms with E-state index in [1.54, 1.807) is 50.5 Å². The summed E-state index contributed by atoms with van der Waals surface area (Å²) in [6, 6.07) is 8.81. The quantitative estimate of drug-likeness (QED) is 0.311. The SMILES string of the molecule is COc1ncnc(OC)c1-n1c(CS(=O)(=O)[C@@H](C)[C@H](C)c2ncc(C)cn2)nnc1-c1cccc(C#N)c1. The van der Waals surface area contributed by atoms with Crippen molar-refractivity contribution >= 4 is 9.84 Å². The van der Waals surface area contributed by atoms with E-state index in [9.17, 15) is 13.7 Å². The summed E-state index contributed by atoms with van der Waals surface area (Å²) in [7, 11) is -0.952. The summed E-state index contributed by atoms with van der Waals surface area (Å²) in [6.45, 7) is 5.25. The lowest BCUT2D eigenvalue weighted by Crippen LogP contribution is -2.27. The van der Waals surface area contributed by atoms with Crippen LogP contribution in [0.3, 0.4) is 0 Å². The zero-order chi connectivity index (χ0) is 27.4. The number of rotatable bonds is 9. The molecular formula is C25H26N8O4S. The van der Waals surface area contributed by atoms with E-state index in [4.69, 9.17) is 9.47 Å². The predicted molar refractivity (Wildman–Crippen MR) is 137 cm³/mol.